The summed E-state index contributed by atoms with van der Waals surface area (Å²) in [4.78, 5) is 11.4. The lowest BCUT2D eigenvalue weighted by molar-refractivity contribution is -0.116. The maximum Gasteiger partial charge on any atom is 0.251 e. The predicted molar refractivity (Wildman–Crippen MR) is 47.5 cm³/mol. The van der Waals surface area contributed by atoms with Gasteiger partial charge in [0, 0.05) is 11.5 Å². The Bertz CT molecular complexity index is 432. The largest absolute Gasteiger partial charge is 0.515 e. The van der Waals surface area contributed by atoms with Crippen LogP contribution in [0.2, 0.25) is 0 Å². The lowest BCUT2D eigenvalue weighted by Crippen LogP contribution is -2.18. The fourth-order valence-electron chi connectivity index (χ4n) is 2.36. The average molecular weight is 191 g/mol. The maximum atomic E-state index is 11.4. The Balaban J connectivity index is 2.07. The monoisotopic (exact) mass is 191 g/mol. The normalized spacial score (nSPS) is 31.7. The summed E-state index contributed by atoms with van der Waals surface area (Å²) in [5.74, 6) is -0.0942. The zero-order chi connectivity index (χ0) is 9.71. The highest BCUT2D eigenvalue weighted by molar-refractivity contribution is 5.97. The fraction of sp³-hybridized carbons (Fsp3) is 0.300. The van der Waals surface area contributed by atoms with E-state index in [1.165, 1.54) is 0 Å². The van der Waals surface area contributed by atoms with E-state index in [9.17, 15) is 4.79 Å². The van der Waals surface area contributed by atoms with E-state index in [0.29, 0.717) is 5.57 Å². The molecule has 1 aromatic rings. The number of hydrogen-bond donors (Lipinski definition) is 2. The van der Waals surface area contributed by atoms with Gasteiger partial charge in [-0.25, -0.2) is 0 Å². The van der Waals surface area contributed by atoms with Crippen LogP contribution >= 0.6 is 0 Å². The Labute approximate surface area is 80.2 Å². The first-order valence-electron chi connectivity index (χ1n) is 4.51. The van der Waals surface area contributed by atoms with Crippen LogP contribution in [0.25, 0.3) is 0 Å². The van der Waals surface area contributed by atoms with Crippen molar-refractivity contribution in [1.29, 1.82) is 0 Å². The second-order valence-electron chi connectivity index (χ2n) is 3.70. The van der Waals surface area contributed by atoms with E-state index in [1.54, 1.807) is 12.5 Å². The van der Waals surface area contributed by atoms with Crippen molar-refractivity contribution in [2.75, 3.05) is 0 Å². The van der Waals surface area contributed by atoms with Gasteiger partial charge < -0.3 is 14.8 Å². The molecule has 0 aromatic carbocycles. The third-order valence-electron chi connectivity index (χ3n) is 3.04. The molecule has 2 heterocycles. The van der Waals surface area contributed by atoms with Crippen LogP contribution < -0.4 is 5.32 Å². The van der Waals surface area contributed by atoms with Crippen LogP contribution in [0, 0.1) is 5.92 Å². The van der Waals surface area contributed by atoms with Crippen molar-refractivity contribution in [2.24, 2.45) is 5.92 Å². The standard InChI is InChI=1S/C10H9NO3/c12-2-7-6-1-5-3-14-4-8(5)9(6)11-10(7)13/h2-4,6,9,12H,1H2,(H,11,13)/b7-2-. The van der Waals surface area contributed by atoms with Gasteiger partial charge >= 0.3 is 0 Å². The topological polar surface area (TPSA) is 62.5 Å². The van der Waals surface area contributed by atoms with Crippen molar-refractivity contribution >= 4 is 5.91 Å². The minimum absolute atomic E-state index is 0.00495. The van der Waals surface area contributed by atoms with Crippen LogP contribution in [-0.2, 0) is 11.2 Å². The summed E-state index contributed by atoms with van der Waals surface area (Å²) in [5, 5.41) is 11.8. The number of fused-ring (bicyclic) bond motifs is 3. The molecule has 1 fully saturated rings. The third kappa shape index (κ3) is 0.755. The Morgan fingerprint density at radius 3 is 3.21 bits per heavy atom. The first kappa shape index (κ1) is 7.67. The molecule has 0 radical (unpaired) electrons. The summed E-state index contributed by atoms with van der Waals surface area (Å²) < 4.78 is 5.07. The number of carbonyl (C=O) groups is 1. The van der Waals surface area contributed by atoms with E-state index in [4.69, 9.17) is 9.52 Å². The number of rotatable bonds is 0. The molecule has 2 atom stereocenters. The van der Waals surface area contributed by atoms with Crippen molar-refractivity contribution in [2.45, 2.75) is 12.5 Å². The minimum atomic E-state index is -0.172. The van der Waals surface area contributed by atoms with Crippen molar-refractivity contribution < 1.29 is 14.3 Å². The Morgan fingerprint density at radius 1 is 1.57 bits per heavy atom. The van der Waals surface area contributed by atoms with Crippen LogP contribution in [0.15, 0.2) is 28.8 Å². The molecule has 1 saturated heterocycles. The van der Waals surface area contributed by atoms with Crippen molar-refractivity contribution in [3.05, 3.63) is 35.5 Å². The fourth-order valence-corrected chi connectivity index (χ4v) is 2.36. The molecule has 2 unspecified atom stereocenters. The van der Waals surface area contributed by atoms with Gasteiger partial charge in [-0.05, 0) is 12.0 Å². The van der Waals surface area contributed by atoms with Gasteiger partial charge in [0.15, 0.2) is 0 Å². The second kappa shape index (κ2) is 2.41. The summed E-state index contributed by atoms with van der Waals surface area (Å²) in [6.45, 7) is 0. The van der Waals surface area contributed by atoms with Crippen LogP contribution in [0.5, 0.6) is 0 Å². The summed E-state index contributed by atoms with van der Waals surface area (Å²) in [6, 6.07) is -0.00495. The molecule has 0 saturated carbocycles. The molecule has 4 nitrogen and oxygen atoms in total. The van der Waals surface area contributed by atoms with Gasteiger partial charge in [0.1, 0.15) is 0 Å². The van der Waals surface area contributed by atoms with E-state index >= 15 is 0 Å². The third-order valence-corrected chi connectivity index (χ3v) is 3.04. The maximum absolute atomic E-state index is 11.4. The van der Waals surface area contributed by atoms with Gasteiger partial charge in [0.2, 0.25) is 0 Å². The van der Waals surface area contributed by atoms with E-state index in [1.807, 2.05) is 0 Å². The summed E-state index contributed by atoms with van der Waals surface area (Å²) in [5.41, 5.74) is 2.64. The number of aliphatic hydroxyl groups excluding tert-OH is 1. The summed E-state index contributed by atoms with van der Waals surface area (Å²) in [6.07, 6.45) is 5.06. The van der Waals surface area contributed by atoms with Gasteiger partial charge in [-0.3, -0.25) is 4.79 Å². The molecule has 1 aliphatic carbocycles. The van der Waals surface area contributed by atoms with Gasteiger partial charge in [-0.15, -0.1) is 0 Å². The SMILES string of the molecule is O=C1NC2c3cocc3CC2/C1=C/O. The number of amides is 1. The number of nitrogens with one attached hydrogen (secondary N) is 1. The Hall–Kier alpha value is -1.71. The van der Waals surface area contributed by atoms with Crippen LogP contribution in [0.3, 0.4) is 0 Å². The van der Waals surface area contributed by atoms with Gasteiger partial charge in [-0.1, -0.05) is 0 Å². The molecule has 0 spiro atoms. The molecule has 14 heavy (non-hydrogen) atoms. The molecular formula is C10H9NO3. The molecule has 1 aliphatic heterocycles. The van der Waals surface area contributed by atoms with Gasteiger partial charge in [-0.2, -0.15) is 0 Å². The molecule has 0 bridgehead atoms. The molecule has 4 heteroatoms. The van der Waals surface area contributed by atoms with Crippen LogP contribution in [0.1, 0.15) is 17.2 Å². The number of aliphatic hydroxyl groups is 1. The molecular weight excluding hydrogens is 182 g/mol. The van der Waals surface area contributed by atoms with Gasteiger partial charge in [0.05, 0.1) is 30.4 Å². The highest BCUT2D eigenvalue weighted by atomic mass is 16.3. The Morgan fingerprint density at radius 2 is 2.43 bits per heavy atom. The second-order valence-corrected chi connectivity index (χ2v) is 3.70. The number of furan rings is 1. The zero-order valence-corrected chi connectivity index (χ0v) is 7.36. The average Bonchev–Trinajstić information content (AvgIpc) is 2.76. The van der Waals surface area contributed by atoms with E-state index in [2.05, 4.69) is 5.32 Å². The van der Waals surface area contributed by atoms with E-state index < -0.39 is 0 Å². The smallest absolute Gasteiger partial charge is 0.251 e. The van der Waals surface area contributed by atoms with Crippen molar-refractivity contribution in [3.63, 3.8) is 0 Å². The molecule has 2 aliphatic rings. The highest BCUT2D eigenvalue weighted by Crippen LogP contribution is 2.44. The molecule has 3 rings (SSSR count). The molecule has 1 amide bonds. The Kier molecular flexibility index (Phi) is 1.32. The highest BCUT2D eigenvalue weighted by Gasteiger charge is 2.44. The quantitative estimate of drug-likeness (QED) is 0.476. The minimum Gasteiger partial charge on any atom is -0.515 e. The predicted octanol–water partition coefficient (Wildman–Crippen LogP) is 1.06. The summed E-state index contributed by atoms with van der Waals surface area (Å²) in [7, 11) is 0. The number of carbonyl (C=O) groups excluding carboxylic acids is 1. The van der Waals surface area contributed by atoms with E-state index in [0.717, 1.165) is 23.8 Å². The molecule has 1 aromatic heterocycles. The first-order chi connectivity index (χ1) is 6.81. The van der Waals surface area contributed by atoms with Crippen LogP contribution in [0.4, 0.5) is 0 Å². The van der Waals surface area contributed by atoms with Gasteiger partial charge in [0.25, 0.3) is 5.91 Å². The number of hydrogen-bond acceptors (Lipinski definition) is 3. The van der Waals surface area contributed by atoms with Crippen molar-refractivity contribution in [1.82, 2.24) is 5.32 Å². The summed E-state index contributed by atoms with van der Waals surface area (Å²) >= 11 is 0. The molecule has 72 valence electrons. The van der Waals surface area contributed by atoms with E-state index in [-0.39, 0.29) is 17.9 Å². The lowest BCUT2D eigenvalue weighted by Gasteiger charge is -2.07. The van der Waals surface area contributed by atoms with Crippen molar-refractivity contribution in [3.8, 4) is 0 Å². The van der Waals surface area contributed by atoms with Crippen LogP contribution in [-0.4, -0.2) is 11.0 Å². The molecule has 2 N–H and O–H groups in total. The lowest BCUT2D eigenvalue weighted by atomic mass is 9.98. The first-order valence-corrected chi connectivity index (χ1v) is 4.51. The zero-order valence-electron chi connectivity index (χ0n) is 7.36.